The summed E-state index contributed by atoms with van der Waals surface area (Å²) in [5.41, 5.74) is 2.78. The molecule has 2 aromatic carbocycles. The van der Waals surface area contributed by atoms with Crippen molar-refractivity contribution in [2.75, 3.05) is 16.9 Å². The Bertz CT molecular complexity index is 1680. The van der Waals surface area contributed by atoms with Gasteiger partial charge in [-0.15, -0.1) is 20.4 Å². The van der Waals surface area contributed by atoms with E-state index in [0.717, 1.165) is 53.9 Å². The minimum atomic E-state index is -3.35. The fourth-order valence-electron chi connectivity index (χ4n) is 5.08. The molecule has 1 aliphatic carbocycles. The van der Waals surface area contributed by atoms with Crippen LogP contribution in [0.1, 0.15) is 71.1 Å². The summed E-state index contributed by atoms with van der Waals surface area (Å²) in [6.07, 6.45) is 6.18. The van der Waals surface area contributed by atoms with E-state index < -0.39 is 9.84 Å². The predicted molar refractivity (Wildman–Crippen MR) is 164 cm³/mol. The van der Waals surface area contributed by atoms with Crippen LogP contribution in [0.15, 0.2) is 53.4 Å². The predicted octanol–water partition coefficient (Wildman–Crippen LogP) is 5.16. The van der Waals surface area contributed by atoms with Crippen LogP contribution in [0.25, 0.3) is 0 Å². The molecule has 4 aromatic rings. The van der Waals surface area contributed by atoms with Crippen LogP contribution in [0, 0.1) is 0 Å². The first-order valence-electron chi connectivity index (χ1n) is 13.8. The summed E-state index contributed by atoms with van der Waals surface area (Å²) in [7, 11) is -3.35. The monoisotopic (exact) mass is 624 g/mol. The number of nitrogens with one attached hydrogen (secondary N) is 2. The Hall–Kier alpha value is -3.55. The molecule has 0 saturated heterocycles. The van der Waals surface area contributed by atoms with Gasteiger partial charge in [0.1, 0.15) is 10.0 Å². The van der Waals surface area contributed by atoms with Gasteiger partial charge >= 0.3 is 0 Å². The van der Waals surface area contributed by atoms with Crippen molar-refractivity contribution in [1.82, 2.24) is 20.4 Å². The summed E-state index contributed by atoms with van der Waals surface area (Å²) >= 11 is 2.78. The van der Waals surface area contributed by atoms with E-state index in [1.54, 1.807) is 12.1 Å². The molecule has 10 nitrogen and oxygen atoms in total. The third-order valence-electron chi connectivity index (χ3n) is 7.20. The Kier molecular flexibility index (Phi) is 9.39. The average Bonchev–Trinajstić information content (AvgIpc) is 3.63. The molecule has 0 spiro atoms. The third kappa shape index (κ3) is 7.84. The molecule has 2 heterocycles. The number of anilines is 2. The highest BCUT2D eigenvalue weighted by molar-refractivity contribution is 7.90. The molecule has 0 unspecified atom stereocenters. The third-order valence-corrected chi connectivity index (χ3v) is 10.3. The van der Waals surface area contributed by atoms with Gasteiger partial charge in [0.2, 0.25) is 22.1 Å². The van der Waals surface area contributed by atoms with Crippen molar-refractivity contribution in [3.05, 3.63) is 75.2 Å². The van der Waals surface area contributed by atoms with Gasteiger partial charge in [0.15, 0.2) is 9.84 Å². The summed E-state index contributed by atoms with van der Waals surface area (Å²) in [6.45, 7) is 2.09. The summed E-state index contributed by atoms with van der Waals surface area (Å²) in [5, 5.41) is 25.5. The number of aromatic nitrogens is 4. The van der Waals surface area contributed by atoms with Gasteiger partial charge in [0, 0.05) is 18.1 Å². The van der Waals surface area contributed by atoms with Gasteiger partial charge in [-0.25, -0.2) is 8.42 Å². The molecule has 220 valence electrons. The Labute approximate surface area is 252 Å². The maximum atomic E-state index is 12.6. The molecule has 13 heteroatoms. The van der Waals surface area contributed by atoms with Crippen molar-refractivity contribution in [2.24, 2.45) is 0 Å². The Morgan fingerprint density at radius 2 is 1.33 bits per heavy atom. The number of aryl methyl sites for hydroxylation is 1. The van der Waals surface area contributed by atoms with Gasteiger partial charge in [0.25, 0.3) is 0 Å². The normalized spacial score (nSPS) is 17.1. The Balaban J connectivity index is 1.15. The SMILES string of the molecule is CCc1cccc(CC(=O)Nc2nnc([C@@H]3CCC[C@@H](c4nnc(NC(=O)Cc5cccc(S(C)(=O)=O)c5)s4)C3)s2)c1. The van der Waals surface area contributed by atoms with Crippen LogP contribution >= 0.6 is 22.7 Å². The van der Waals surface area contributed by atoms with Crippen molar-refractivity contribution in [2.45, 2.75) is 68.6 Å². The molecular formula is C29H32N6O4S3. The highest BCUT2D eigenvalue weighted by atomic mass is 32.2. The number of sulfone groups is 1. The van der Waals surface area contributed by atoms with E-state index in [1.807, 2.05) is 12.1 Å². The van der Waals surface area contributed by atoms with Crippen LogP contribution < -0.4 is 10.6 Å². The molecule has 1 saturated carbocycles. The zero-order valence-electron chi connectivity index (χ0n) is 23.4. The van der Waals surface area contributed by atoms with Crippen molar-refractivity contribution in [3.63, 3.8) is 0 Å². The van der Waals surface area contributed by atoms with Crippen molar-refractivity contribution < 1.29 is 18.0 Å². The number of carbonyl (C=O) groups is 2. The fraction of sp³-hybridized carbons (Fsp3) is 0.379. The molecule has 2 N–H and O–H groups in total. The smallest absolute Gasteiger partial charge is 0.230 e. The Morgan fingerprint density at radius 3 is 1.88 bits per heavy atom. The summed E-state index contributed by atoms with van der Waals surface area (Å²) in [5.74, 6) is -0.00582. The number of benzene rings is 2. The Morgan fingerprint density at radius 1 is 0.810 bits per heavy atom. The van der Waals surface area contributed by atoms with Crippen LogP contribution in [0.3, 0.4) is 0 Å². The van der Waals surface area contributed by atoms with Gasteiger partial charge in [-0.05, 0) is 54.5 Å². The summed E-state index contributed by atoms with van der Waals surface area (Å²) in [4.78, 5) is 25.4. The standard InChI is InChI=1S/C29H32N6O4S3/c1-3-18-7-4-8-19(13-18)15-24(36)30-28-34-32-26(40-28)21-10-6-11-22(17-21)27-33-35-29(41-27)31-25(37)16-20-9-5-12-23(14-20)42(2,38)39/h4-5,7-9,12-14,21-22H,3,6,10-11,15-17H2,1-2H3,(H,30,34,36)(H,31,35,37)/t21-,22-/m1/s1. The maximum Gasteiger partial charge on any atom is 0.230 e. The molecule has 1 aliphatic rings. The van der Waals surface area contributed by atoms with E-state index in [1.165, 1.54) is 40.4 Å². The van der Waals surface area contributed by atoms with Gasteiger partial charge in [0.05, 0.1) is 17.7 Å². The molecule has 42 heavy (non-hydrogen) atoms. The zero-order chi connectivity index (χ0) is 29.7. The molecule has 2 aromatic heterocycles. The quantitative estimate of drug-likeness (QED) is 0.246. The van der Waals surface area contributed by atoms with Gasteiger partial charge in [-0.2, -0.15) is 0 Å². The first-order chi connectivity index (χ1) is 20.2. The first kappa shape index (κ1) is 29.9. The lowest BCUT2D eigenvalue weighted by atomic mass is 9.82. The molecular weight excluding hydrogens is 593 g/mol. The number of rotatable bonds is 10. The van der Waals surface area contributed by atoms with Gasteiger partial charge in [-0.3, -0.25) is 9.59 Å². The van der Waals surface area contributed by atoms with Crippen molar-refractivity contribution in [1.29, 1.82) is 0 Å². The lowest BCUT2D eigenvalue weighted by Crippen LogP contribution is -2.14. The number of amides is 2. The molecule has 0 aliphatic heterocycles. The lowest BCUT2D eigenvalue weighted by Gasteiger charge is -2.25. The van der Waals surface area contributed by atoms with E-state index in [-0.39, 0.29) is 41.4 Å². The second-order valence-corrected chi connectivity index (χ2v) is 14.5. The van der Waals surface area contributed by atoms with E-state index in [4.69, 9.17) is 0 Å². The maximum absolute atomic E-state index is 12.6. The molecule has 5 rings (SSSR count). The minimum Gasteiger partial charge on any atom is -0.300 e. The highest BCUT2D eigenvalue weighted by Crippen LogP contribution is 2.43. The minimum absolute atomic E-state index is 0.0326. The highest BCUT2D eigenvalue weighted by Gasteiger charge is 2.29. The number of hydrogen-bond acceptors (Lipinski definition) is 10. The van der Waals surface area contributed by atoms with Crippen LogP contribution in [0.2, 0.25) is 0 Å². The van der Waals surface area contributed by atoms with Gasteiger partial charge in [-0.1, -0.05) is 72.4 Å². The zero-order valence-corrected chi connectivity index (χ0v) is 25.8. The number of nitrogens with zero attached hydrogens (tertiary/aromatic N) is 4. The second-order valence-electron chi connectivity index (χ2n) is 10.5. The molecule has 2 atom stereocenters. The first-order valence-corrected chi connectivity index (χ1v) is 17.3. The number of carbonyl (C=O) groups excluding carboxylic acids is 2. The molecule has 1 fully saturated rings. The van der Waals surface area contributed by atoms with E-state index in [0.29, 0.717) is 15.8 Å². The largest absolute Gasteiger partial charge is 0.300 e. The van der Waals surface area contributed by atoms with Crippen LogP contribution in [-0.4, -0.2) is 46.9 Å². The summed E-state index contributed by atoms with van der Waals surface area (Å²) in [6, 6.07) is 14.4. The lowest BCUT2D eigenvalue weighted by molar-refractivity contribution is -0.116. The topological polar surface area (TPSA) is 144 Å². The molecule has 0 radical (unpaired) electrons. The summed E-state index contributed by atoms with van der Waals surface area (Å²) < 4.78 is 23.6. The van der Waals surface area contributed by atoms with Crippen molar-refractivity contribution in [3.8, 4) is 0 Å². The van der Waals surface area contributed by atoms with E-state index in [2.05, 4.69) is 50.1 Å². The van der Waals surface area contributed by atoms with Crippen molar-refractivity contribution >= 4 is 54.6 Å². The van der Waals surface area contributed by atoms with E-state index in [9.17, 15) is 18.0 Å². The van der Waals surface area contributed by atoms with Crippen LogP contribution in [0.5, 0.6) is 0 Å². The molecule has 2 amide bonds. The second kappa shape index (κ2) is 13.2. The molecule has 0 bridgehead atoms. The fourth-order valence-corrected chi connectivity index (χ4v) is 7.59. The van der Waals surface area contributed by atoms with E-state index >= 15 is 0 Å². The van der Waals surface area contributed by atoms with Gasteiger partial charge < -0.3 is 10.6 Å². The number of hydrogen-bond donors (Lipinski definition) is 2. The van der Waals surface area contributed by atoms with Crippen LogP contribution in [0.4, 0.5) is 10.3 Å². The van der Waals surface area contributed by atoms with Crippen LogP contribution in [-0.2, 0) is 38.7 Å². The average molecular weight is 625 g/mol.